The van der Waals surface area contributed by atoms with Crippen LogP contribution >= 0.6 is 12.6 Å². The molecule has 0 aliphatic heterocycles. The van der Waals surface area contributed by atoms with Crippen LogP contribution in [0.5, 0.6) is 0 Å². The molecule has 0 aromatic heterocycles. The van der Waals surface area contributed by atoms with Gasteiger partial charge in [0.15, 0.2) is 0 Å². The predicted molar refractivity (Wildman–Crippen MR) is 136 cm³/mol. The molecule has 0 aliphatic carbocycles. The molecule has 0 radical (unpaired) electrons. The molecular formula is C25H33N3O6S. The maximum Gasteiger partial charge on any atom is 0.408 e. The van der Waals surface area contributed by atoms with Crippen molar-refractivity contribution in [1.29, 1.82) is 0 Å². The molecule has 3 amide bonds. The number of esters is 1. The van der Waals surface area contributed by atoms with Gasteiger partial charge in [-0.15, -0.1) is 0 Å². The summed E-state index contributed by atoms with van der Waals surface area (Å²) in [6.45, 7) is 10.6. The summed E-state index contributed by atoms with van der Waals surface area (Å²) in [5, 5.41) is 5.06. The number of thiol groups is 1. The van der Waals surface area contributed by atoms with Gasteiger partial charge < -0.3 is 20.1 Å². The number of nitrogens with one attached hydrogen (secondary N) is 2. The zero-order valence-corrected chi connectivity index (χ0v) is 21.4. The highest BCUT2D eigenvalue weighted by Gasteiger charge is 2.35. The van der Waals surface area contributed by atoms with E-state index in [2.05, 4.69) is 35.9 Å². The van der Waals surface area contributed by atoms with Crippen molar-refractivity contribution in [2.24, 2.45) is 0 Å². The van der Waals surface area contributed by atoms with E-state index < -0.39 is 41.6 Å². The fourth-order valence-corrected chi connectivity index (χ4v) is 3.21. The SMILES string of the molecule is C#CN(C(=O)C(CS)NC(=O)OC(C)(C)C)C(C(=O)NCCC(=O)OCC)c1cccc(C=C)c1. The van der Waals surface area contributed by atoms with Crippen LogP contribution in [0.3, 0.4) is 0 Å². The van der Waals surface area contributed by atoms with Gasteiger partial charge in [0.2, 0.25) is 5.91 Å². The molecule has 0 saturated carbocycles. The average molecular weight is 504 g/mol. The number of amides is 3. The van der Waals surface area contributed by atoms with Gasteiger partial charge in [-0.2, -0.15) is 12.6 Å². The number of alkyl carbamates (subject to hydrolysis) is 1. The van der Waals surface area contributed by atoms with Gasteiger partial charge in [-0.05, 0) is 44.9 Å². The Bertz CT molecular complexity index is 967. The number of ether oxygens (including phenoxy) is 2. The Morgan fingerprint density at radius 2 is 1.97 bits per heavy atom. The van der Waals surface area contributed by atoms with Gasteiger partial charge in [-0.25, -0.2) is 4.79 Å². The molecule has 0 saturated heterocycles. The van der Waals surface area contributed by atoms with Gasteiger partial charge in [-0.3, -0.25) is 19.3 Å². The highest BCUT2D eigenvalue weighted by Crippen LogP contribution is 2.23. The lowest BCUT2D eigenvalue weighted by Gasteiger charge is -2.30. The second kappa shape index (κ2) is 14.1. The maximum atomic E-state index is 13.3. The molecule has 1 aromatic carbocycles. The highest BCUT2D eigenvalue weighted by atomic mass is 32.1. The van der Waals surface area contributed by atoms with E-state index in [0.717, 1.165) is 4.90 Å². The third kappa shape index (κ3) is 9.74. The first-order valence-corrected chi connectivity index (χ1v) is 11.7. The van der Waals surface area contributed by atoms with Crippen LogP contribution in [0.2, 0.25) is 0 Å². The fraction of sp³-hybridized carbons (Fsp3) is 0.440. The Labute approximate surface area is 212 Å². The molecule has 35 heavy (non-hydrogen) atoms. The quantitative estimate of drug-likeness (QED) is 0.185. The van der Waals surface area contributed by atoms with E-state index in [1.807, 2.05) is 0 Å². The van der Waals surface area contributed by atoms with Crippen molar-refractivity contribution in [2.75, 3.05) is 18.9 Å². The Morgan fingerprint density at radius 3 is 2.51 bits per heavy atom. The number of hydrogen-bond acceptors (Lipinski definition) is 7. The predicted octanol–water partition coefficient (Wildman–Crippen LogP) is 2.68. The van der Waals surface area contributed by atoms with Crippen LogP contribution in [-0.4, -0.2) is 59.3 Å². The molecule has 2 unspecified atom stereocenters. The summed E-state index contributed by atoms with van der Waals surface area (Å²) in [6.07, 6.45) is 6.38. The summed E-state index contributed by atoms with van der Waals surface area (Å²) in [6, 6.07) is 6.60. The number of rotatable bonds is 11. The number of carbonyl (C=O) groups is 4. The highest BCUT2D eigenvalue weighted by molar-refractivity contribution is 7.80. The minimum Gasteiger partial charge on any atom is -0.466 e. The van der Waals surface area contributed by atoms with Crippen molar-refractivity contribution in [2.45, 2.75) is 51.8 Å². The lowest BCUT2D eigenvalue weighted by molar-refractivity contribution is -0.143. The number of hydrogen-bond donors (Lipinski definition) is 3. The topological polar surface area (TPSA) is 114 Å². The fourth-order valence-electron chi connectivity index (χ4n) is 2.96. The number of benzene rings is 1. The van der Waals surface area contributed by atoms with Gasteiger partial charge in [-0.1, -0.05) is 37.3 Å². The van der Waals surface area contributed by atoms with Crippen LogP contribution in [0, 0.1) is 12.5 Å². The first-order valence-electron chi connectivity index (χ1n) is 11.0. The lowest BCUT2D eigenvalue weighted by Crippen LogP contribution is -2.52. The molecule has 1 rings (SSSR count). The minimum absolute atomic E-state index is 0.0198. The molecule has 0 aliphatic rings. The van der Waals surface area contributed by atoms with E-state index in [9.17, 15) is 19.2 Å². The van der Waals surface area contributed by atoms with Crippen molar-refractivity contribution >= 4 is 42.6 Å². The van der Waals surface area contributed by atoms with Crippen LogP contribution in [0.15, 0.2) is 30.8 Å². The average Bonchev–Trinajstić information content (AvgIpc) is 2.79. The molecule has 2 N–H and O–H groups in total. The second-order valence-corrected chi connectivity index (χ2v) is 8.71. The van der Waals surface area contributed by atoms with Gasteiger partial charge >= 0.3 is 12.1 Å². The van der Waals surface area contributed by atoms with Crippen LogP contribution in [0.25, 0.3) is 6.08 Å². The monoisotopic (exact) mass is 503 g/mol. The number of nitrogens with zero attached hydrogens (tertiary/aromatic N) is 1. The van der Waals surface area contributed by atoms with Crippen LogP contribution < -0.4 is 10.6 Å². The maximum absolute atomic E-state index is 13.3. The van der Waals surface area contributed by atoms with E-state index in [1.165, 1.54) is 0 Å². The number of carbonyl (C=O) groups excluding carboxylic acids is 4. The Hall–Kier alpha value is -3.45. The van der Waals surface area contributed by atoms with Crippen LogP contribution in [0.4, 0.5) is 4.79 Å². The van der Waals surface area contributed by atoms with Crippen LogP contribution in [-0.2, 0) is 23.9 Å². The number of terminal acetylenes is 1. The van der Waals surface area contributed by atoms with E-state index in [0.29, 0.717) is 11.1 Å². The zero-order valence-electron chi connectivity index (χ0n) is 20.5. The van der Waals surface area contributed by atoms with Gasteiger partial charge in [0.05, 0.1) is 13.0 Å². The van der Waals surface area contributed by atoms with Crippen molar-refractivity contribution in [1.82, 2.24) is 15.5 Å². The Balaban J connectivity index is 3.24. The molecule has 9 nitrogen and oxygen atoms in total. The molecule has 0 fully saturated rings. The van der Waals surface area contributed by atoms with Crippen molar-refractivity contribution in [3.05, 3.63) is 42.0 Å². The van der Waals surface area contributed by atoms with E-state index in [-0.39, 0.29) is 25.3 Å². The largest absolute Gasteiger partial charge is 0.466 e. The Morgan fingerprint density at radius 1 is 1.29 bits per heavy atom. The third-order valence-electron chi connectivity index (χ3n) is 4.45. The molecule has 1 aromatic rings. The van der Waals surface area contributed by atoms with Gasteiger partial charge in [0.25, 0.3) is 5.91 Å². The van der Waals surface area contributed by atoms with Crippen molar-refractivity contribution in [3.63, 3.8) is 0 Å². The molecule has 190 valence electrons. The molecular weight excluding hydrogens is 470 g/mol. The molecule has 0 spiro atoms. The molecule has 0 bridgehead atoms. The minimum atomic E-state index is -1.25. The summed E-state index contributed by atoms with van der Waals surface area (Å²) < 4.78 is 10.1. The van der Waals surface area contributed by atoms with E-state index in [4.69, 9.17) is 15.9 Å². The van der Waals surface area contributed by atoms with E-state index in [1.54, 1.807) is 58.0 Å². The smallest absolute Gasteiger partial charge is 0.408 e. The third-order valence-corrected chi connectivity index (χ3v) is 4.82. The van der Waals surface area contributed by atoms with Crippen molar-refractivity contribution in [3.8, 4) is 12.5 Å². The summed E-state index contributed by atoms with van der Waals surface area (Å²) in [7, 11) is 0. The first kappa shape index (κ1) is 29.6. The van der Waals surface area contributed by atoms with Gasteiger partial charge in [0.1, 0.15) is 17.7 Å². The molecule has 2 atom stereocenters. The van der Waals surface area contributed by atoms with E-state index >= 15 is 0 Å². The second-order valence-electron chi connectivity index (χ2n) is 8.34. The summed E-state index contributed by atoms with van der Waals surface area (Å²) in [5.41, 5.74) is 0.332. The standard InChI is InChI=1S/C25H33N3O6S/c1-7-17-11-10-12-18(15-17)21(22(30)26-14-13-20(29)33-9-3)28(8-2)23(31)19(16-35)27-24(32)34-25(4,5)6/h2,7,10-12,15,19,21,35H,1,9,13-14,16H2,3-6H3,(H,26,30)(H,27,32). The summed E-state index contributed by atoms with van der Waals surface area (Å²) >= 11 is 4.16. The molecule has 0 heterocycles. The summed E-state index contributed by atoms with van der Waals surface area (Å²) in [4.78, 5) is 51.3. The molecule has 10 heteroatoms. The Kier molecular flexibility index (Phi) is 11.9. The van der Waals surface area contributed by atoms with Crippen molar-refractivity contribution < 1.29 is 28.7 Å². The zero-order chi connectivity index (χ0) is 26.6. The van der Waals surface area contributed by atoms with Crippen LogP contribution in [0.1, 0.15) is 51.3 Å². The van der Waals surface area contributed by atoms with Gasteiger partial charge in [0, 0.05) is 18.3 Å². The lowest BCUT2D eigenvalue weighted by atomic mass is 10.0. The normalized spacial score (nSPS) is 12.3. The first-order chi connectivity index (χ1) is 16.5. The summed E-state index contributed by atoms with van der Waals surface area (Å²) in [5.74, 6) is -1.92.